The monoisotopic (exact) mass is 465 g/mol. The van der Waals surface area contributed by atoms with Gasteiger partial charge >= 0.3 is 0 Å². The average Bonchev–Trinajstić information content (AvgIpc) is 3.44. The molecule has 1 atom stereocenters. The highest BCUT2D eigenvalue weighted by Crippen LogP contribution is 2.36. The summed E-state index contributed by atoms with van der Waals surface area (Å²) in [6.45, 7) is 2.75. The largest absolute Gasteiger partial charge is 0.496 e. The highest BCUT2D eigenvalue weighted by Gasteiger charge is 2.22. The van der Waals surface area contributed by atoms with Crippen LogP contribution in [0.15, 0.2) is 49.1 Å². The molecule has 0 aliphatic carbocycles. The van der Waals surface area contributed by atoms with Crippen LogP contribution in [0.2, 0.25) is 5.02 Å². The first-order valence-electron chi connectivity index (χ1n) is 10.8. The van der Waals surface area contributed by atoms with E-state index in [0.717, 1.165) is 32.5 Å². The van der Waals surface area contributed by atoms with Crippen LogP contribution in [0.1, 0.15) is 23.2 Å². The van der Waals surface area contributed by atoms with Gasteiger partial charge in [0.2, 0.25) is 0 Å². The quantitative estimate of drug-likeness (QED) is 0.452. The lowest BCUT2D eigenvalue weighted by Gasteiger charge is -2.22. The second-order valence-corrected chi connectivity index (χ2v) is 8.51. The molecule has 10 heteroatoms. The summed E-state index contributed by atoms with van der Waals surface area (Å²) in [4.78, 5) is 17.5. The van der Waals surface area contributed by atoms with E-state index in [4.69, 9.17) is 21.4 Å². The van der Waals surface area contributed by atoms with Gasteiger partial charge in [0, 0.05) is 35.7 Å². The van der Waals surface area contributed by atoms with Crippen LogP contribution >= 0.6 is 11.6 Å². The minimum Gasteiger partial charge on any atom is -0.496 e. The van der Waals surface area contributed by atoms with E-state index in [1.165, 1.54) is 6.20 Å². The molecule has 2 N–H and O–H groups in total. The summed E-state index contributed by atoms with van der Waals surface area (Å²) in [5.74, 6) is 0.780. The third kappa shape index (κ3) is 4.42. The molecule has 1 fully saturated rings. The van der Waals surface area contributed by atoms with Crippen molar-refractivity contribution in [2.24, 2.45) is 5.92 Å². The molecule has 9 nitrogen and oxygen atoms in total. The Hall–Kier alpha value is -3.43. The van der Waals surface area contributed by atoms with Crippen molar-refractivity contribution in [2.45, 2.75) is 19.4 Å². The number of anilines is 1. The lowest BCUT2D eigenvalue weighted by molar-refractivity contribution is 0.102. The van der Waals surface area contributed by atoms with E-state index in [9.17, 15) is 4.79 Å². The normalized spacial score (nSPS) is 16.1. The van der Waals surface area contributed by atoms with Crippen molar-refractivity contribution in [3.05, 3.63) is 59.6 Å². The maximum atomic E-state index is 13.2. The van der Waals surface area contributed by atoms with Gasteiger partial charge in [0.25, 0.3) is 5.91 Å². The number of hydrogen-bond donors (Lipinski definition) is 2. The van der Waals surface area contributed by atoms with Gasteiger partial charge in [-0.3, -0.25) is 9.48 Å². The fourth-order valence-electron chi connectivity index (χ4n) is 4.19. The van der Waals surface area contributed by atoms with Gasteiger partial charge in [0.15, 0.2) is 5.65 Å². The number of piperidine rings is 1. The topological polar surface area (TPSA) is 98.4 Å². The zero-order valence-electron chi connectivity index (χ0n) is 18.2. The van der Waals surface area contributed by atoms with E-state index in [2.05, 4.69) is 20.7 Å². The lowest BCUT2D eigenvalue weighted by atomic mass is 10.00. The summed E-state index contributed by atoms with van der Waals surface area (Å²) in [7, 11) is 1.60. The fraction of sp³-hybridized carbons (Fsp3) is 0.304. The number of nitrogens with zero attached hydrogens (tertiary/aromatic N) is 5. The summed E-state index contributed by atoms with van der Waals surface area (Å²) < 4.78 is 9.00. The maximum Gasteiger partial charge on any atom is 0.261 e. The van der Waals surface area contributed by atoms with Crippen molar-refractivity contribution < 1.29 is 9.53 Å². The number of halogens is 1. The number of fused-ring (bicyclic) bond motifs is 1. The smallest absolute Gasteiger partial charge is 0.261 e. The molecule has 4 aromatic rings. The van der Waals surface area contributed by atoms with E-state index in [0.29, 0.717) is 44.8 Å². The van der Waals surface area contributed by atoms with Crippen LogP contribution in [-0.4, -0.2) is 50.5 Å². The molecule has 0 spiro atoms. The van der Waals surface area contributed by atoms with Crippen LogP contribution in [0.5, 0.6) is 5.75 Å². The molecule has 1 aliphatic rings. The molecule has 33 heavy (non-hydrogen) atoms. The van der Waals surface area contributed by atoms with Gasteiger partial charge in [-0.25, -0.2) is 9.50 Å². The molecule has 1 aliphatic heterocycles. The first kappa shape index (κ1) is 21.4. The molecule has 170 valence electrons. The number of benzene rings is 1. The number of carbonyl (C=O) groups is 1. The standard InChI is InChI=1S/C23H24ClN7O2/c1-33-20-6-5-16(24)10-17(20)21-19(14-30(29-21)13-15-4-2-7-25-11-15)28-23(32)18-12-27-31-9-3-8-26-22(18)31/h3,5-6,8-10,12,14-15,25H,2,4,7,11,13H2,1H3,(H,28,32). The molecular formula is C23H24ClN7O2. The molecule has 1 aromatic carbocycles. The van der Waals surface area contributed by atoms with E-state index in [1.54, 1.807) is 48.3 Å². The second kappa shape index (κ2) is 9.21. The number of aromatic nitrogens is 5. The number of carbonyl (C=O) groups excluding carboxylic acids is 1. The number of rotatable bonds is 6. The molecule has 5 rings (SSSR count). The van der Waals surface area contributed by atoms with Crippen LogP contribution in [0.4, 0.5) is 5.69 Å². The van der Waals surface area contributed by atoms with Gasteiger partial charge in [-0.15, -0.1) is 0 Å². The van der Waals surface area contributed by atoms with Gasteiger partial charge in [-0.2, -0.15) is 10.2 Å². The Balaban J connectivity index is 1.52. The number of nitrogens with one attached hydrogen (secondary N) is 2. The minimum atomic E-state index is -0.315. The van der Waals surface area contributed by atoms with Crippen LogP contribution < -0.4 is 15.4 Å². The van der Waals surface area contributed by atoms with Crippen molar-refractivity contribution >= 4 is 28.8 Å². The third-order valence-corrected chi connectivity index (χ3v) is 6.03. The molecule has 4 heterocycles. The van der Waals surface area contributed by atoms with Crippen LogP contribution in [0.25, 0.3) is 16.9 Å². The molecule has 0 bridgehead atoms. The zero-order chi connectivity index (χ0) is 22.8. The molecule has 0 saturated carbocycles. The molecule has 3 aromatic heterocycles. The Labute approximate surface area is 195 Å². The average molecular weight is 466 g/mol. The highest BCUT2D eigenvalue weighted by molar-refractivity contribution is 6.31. The van der Waals surface area contributed by atoms with Crippen molar-refractivity contribution in [3.63, 3.8) is 0 Å². The SMILES string of the molecule is COc1ccc(Cl)cc1-c1nn(CC2CCCNC2)cc1NC(=O)c1cnn2cccnc12. The van der Waals surface area contributed by atoms with Crippen LogP contribution in [-0.2, 0) is 6.54 Å². The highest BCUT2D eigenvalue weighted by atomic mass is 35.5. The van der Waals surface area contributed by atoms with E-state index >= 15 is 0 Å². The number of methoxy groups -OCH3 is 1. The first-order valence-corrected chi connectivity index (χ1v) is 11.2. The molecular weight excluding hydrogens is 442 g/mol. The van der Waals surface area contributed by atoms with E-state index in [1.807, 2.05) is 10.9 Å². The number of ether oxygens (including phenoxy) is 1. The van der Waals surface area contributed by atoms with Crippen molar-refractivity contribution in [2.75, 3.05) is 25.5 Å². The summed E-state index contributed by atoms with van der Waals surface area (Å²) in [5.41, 5.74) is 2.73. The summed E-state index contributed by atoms with van der Waals surface area (Å²) in [6, 6.07) is 7.11. The Kier molecular flexibility index (Phi) is 5.97. The zero-order valence-corrected chi connectivity index (χ0v) is 18.9. The minimum absolute atomic E-state index is 0.315. The van der Waals surface area contributed by atoms with Gasteiger partial charge in [-0.05, 0) is 56.1 Å². The molecule has 1 unspecified atom stereocenters. The lowest BCUT2D eigenvalue weighted by Crippen LogP contribution is -2.32. The first-order chi connectivity index (χ1) is 16.1. The second-order valence-electron chi connectivity index (χ2n) is 8.07. The Bertz CT molecular complexity index is 1290. The van der Waals surface area contributed by atoms with Gasteiger partial charge in [0.1, 0.15) is 17.0 Å². The molecule has 0 radical (unpaired) electrons. The van der Waals surface area contributed by atoms with E-state index in [-0.39, 0.29) is 5.91 Å². The summed E-state index contributed by atoms with van der Waals surface area (Å²) in [5, 5.41) is 16.0. The molecule has 1 saturated heterocycles. The van der Waals surface area contributed by atoms with Crippen LogP contribution in [0.3, 0.4) is 0 Å². The third-order valence-electron chi connectivity index (χ3n) is 5.79. The van der Waals surface area contributed by atoms with Crippen LogP contribution in [0, 0.1) is 5.92 Å². The van der Waals surface area contributed by atoms with E-state index < -0.39 is 0 Å². The Morgan fingerprint density at radius 1 is 1.39 bits per heavy atom. The number of amides is 1. The van der Waals surface area contributed by atoms with Crippen molar-refractivity contribution in [1.82, 2.24) is 29.7 Å². The van der Waals surface area contributed by atoms with Gasteiger partial charge in [0.05, 0.1) is 19.0 Å². The Morgan fingerprint density at radius 3 is 3.12 bits per heavy atom. The molecule has 1 amide bonds. The Morgan fingerprint density at radius 2 is 2.30 bits per heavy atom. The van der Waals surface area contributed by atoms with Crippen molar-refractivity contribution in [3.8, 4) is 17.0 Å². The summed E-state index contributed by atoms with van der Waals surface area (Å²) >= 11 is 6.29. The predicted molar refractivity (Wildman–Crippen MR) is 126 cm³/mol. The van der Waals surface area contributed by atoms with Gasteiger partial charge in [-0.1, -0.05) is 11.6 Å². The summed E-state index contributed by atoms with van der Waals surface area (Å²) in [6.07, 6.45) is 9.03. The van der Waals surface area contributed by atoms with Crippen molar-refractivity contribution in [1.29, 1.82) is 0 Å². The predicted octanol–water partition coefficient (Wildman–Crippen LogP) is 3.51. The van der Waals surface area contributed by atoms with Gasteiger partial charge < -0.3 is 15.4 Å². The maximum absolute atomic E-state index is 13.2. The number of hydrogen-bond acceptors (Lipinski definition) is 6. The fourth-order valence-corrected chi connectivity index (χ4v) is 4.36.